The van der Waals surface area contributed by atoms with Crippen molar-refractivity contribution in [3.63, 3.8) is 0 Å². The quantitative estimate of drug-likeness (QED) is 0.698. The molecule has 4 rings (SSSR count). The zero-order valence-corrected chi connectivity index (χ0v) is 16.6. The maximum Gasteiger partial charge on any atom is 0.225 e. The van der Waals surface area contributed by atoms with Crippen molar-refractivity contribution in [2.24, 2.45) is 0 Å². The zero-order valence-electron chi connectivity index (χ0n) is 16.6. The minimum absolute atomic E-state index is 0.593. The fraction of sp³-hybridized carbons (Fsp3) is 0.318. The van der Waals surface area contributed by atoms with Gasteiger partial charge in [0.05, 0.1) is 12.8 Å². The van der Waals surface area contributed by atoms with Gasteiger partial charge in [-0.2, -0.15) is 0 Å². The van der Waals surface area contributed by atoms with Crippen LogP contribution in [0.2, 0.25) is 0 Å². The van der Waals surface area contributed by atoms with Crippen LogP contribution in [0, 0.1) is 6.92 Å². The maximum atomic E-state index is 5.19. The Bertz CT molecular complexity index is 932. The maximum absolute atomic E-state index is 5.19. The number of benzene rings is 1. The van der Waals surface area contributed by atoms with Crippen LogP contribution in [-0.2, 0) is 0 Å². The van der Waals surface area contributed by atoms with Gasteiger partial charge in [-0.1, -0.05) is 29.8 Å². The molecule has 0 bridgehead atoms. The van der Waals surface area contributed by atoms with E-state index in [0.717, 1.165) is 54.5 Å². The van der Waals surface area contributed by atoms with Crippen LogP contribution in [0.1, 0.15) is 5.56 Å². The molecule has 0 saturated carbocycles. The molecule has 0 aliphatic carbocycles. The molecule has 0 radical (unpaired) electrons. The van der Waals surface area contributed by atoms with E-state index in [1.54, 1.807) is 7.11 Å². The van der Waals surface area contributed by atoms with Crippen LogP contribution in [0.5, 0.6) is 5.88 Å². The lowest BCUT2D eigenvalue weighted by atomic mass is 10.0. The first-order valence-corrected chi connectivity index (χ1v) is 9.52. The predicted molar refractivity (Wildman–Crippen MR) is 112 cm³/mol. The molecule has 3 aromatic rings. The van der Waals surface area contributed by atoms with Crippen molar-refractivity contribution in [3.05, 3.63) is 54.4 Å². The largest absolute Gasteiger partial charge is 0.481 e. The highest BCUT2D eigenvalue weighted by molar-refractivity contribution is 5.80. The molecule has 1 fully saturated rings. The molecule has 6 heteroatoms. The molecule has 2 aromatic heterocycles. The summed E-state index contributed by atoms with van der Waals surface area (Å²) in [4.78, 5) is 18.6. The van der Waals surface area contributed by atoms with Crippen molar-refractivity contribution >= 4 is 5.95 Å². The number of aromatic nitrogens is 3. The summed E-state index contributed by atoms with van der Waals surface area (Å²) in [6, 6.07) is 12.3. The summed E-state index contributed by atoms with van der Waals surface area (Å²) in [5.74, 6) is 1.38. The molecular formula is C22H25N5O. The van der Waals surface area contributed by atoms with Crippen LogP contribution < -0.4 is 9.64 Å². The highest BCUT2D eigenvalue weighted by atomic mass is 16.5. The lowest BCUT2D eigenvalue weighted by molar-refractivity contribution is 0.311. The number of anilines is 1. The van der Waals surface area contributed by atoms with E-state index in [9.17, 15) is 0 Å². The van der Waals surface area contributed by atoms with Gasteiger partial charge in [0.15, 0.2) is 0 Å². The molecule has 1 aliphatic rings. The number of hydrogen-bond donors (Lipinski definition) is 0. The lowest BCUT2D eigenvalue weighted by Gasteiger charge is -2.32. The second-order valence-corrected chi connectivity index (χ2v) is 7.18. The molecule has 28 heavy (non-hydrogen) atoms. The normalized spacial score (nSPS) is 14.9. The molecule has 0 amide bonds. The molecule has 3 heterocycles. The Hall–Kier alpha value is -2.99. The predicted octanol–water partition coefficient (Wildman–Crippen LogP) is 3.27. The van der Waals surface area contributed by atoms with Crippen molar-refractivity contribution in [2.75, 3.05) is 45.2 Å². The van der Waals surface area contributed by atoms with Crippen molar-refractivity contribution < 1.29 is 4.74 Å². The van der Waals surface area contributed by atoms with Crippen LogP contribution in [0.25, 0.3) is 22.4 Å². The summed E-state index contributed by atoms with van der Waals surface area (Å²) in [5.41, 5.74) is 5.17. The van der Waals surface area contributed by atoms with E-state index in [2.05, 4.69) is 58.0 Å². The van der Waals surface area contributed by atoms with Gasteiger partial charge in [0.25, 0.3) is 0 Å². The second-order valence-electron chi connectivity index (χ2n) is 7.18. The summed E-state index contributed by atoms with van der Waals surface area (Å²) in [6.07, 6.45) is 3.73. The molecule has 1 aromatic carbocycles. The number of likely N-dealkylation sites (N-methyl/N-ethyl adjacent to an activating group) is 1. The fourth-order valence-corrected chi connectivity index (χ4v) is 3.33. The molecule has 0 N–H and O–H groups in total. The Morgan fingerprint density at radius 1 is 0.857 bits per heavy atom. The van der Waals surface area contributed by atoms with E-state index in [1.165, 1.54) is 5.56 Å². The van der Waals surface area contributed by atoms with Gasteiger partial charge >= 0.3 is 0 Å². The standard InChI is InChI=1S/C22H25N5O/c1-16-4-6-17(7-5-16)21-19(18-8-9-20(28-3)23-14-18)15-24-22(25-21)27-12-10-26(2)11-13-27/h4-9,14-15H,10-13H2,1-3H3. The van der Waals surface area contributed by atoms with Crippen LogP contribution in [0.4, 0.5) is 5.95 Å². The van der Waals surface area contributed by atoms with Crippen LogP contribution >= 0.6 is 0 Å². The SMILES string of the molecule is COc1ccc(-c2cnc(N3CCN(C)CC3)nc2-c2ccc(C)cc2)cn1. The van der Waals surface area contributed by atoms with E-state index in [4.69, 9.17) is 9.72 Å². The Kier molecular flexibility index (Phi) is 5.21. The average molecular weight is 375 g/mol. The van der Waals surface area contributed by atoms with Gasteiger partial charge in [0.1, 0.15) is 0 Å². The van der Waals surface area contributed by atoms with E-state index >= 15 is 0 Å². The third-order valence-corrected chi connectivity index (χ3v) is 5.14. The number of pyridine rings is 1. The first-order valence-electron chi connectivity index (χ1n) is 9.52. The van der Waals surface area contributed by atoms with E-state index in [0.29, 0.717) is 5.88 Å². The van der Waals surface area contributed by atoms with Crippen molar-refractivity contribution in [1.82, 2.24) is 19.9 Å². The van der Waals surface area contributed by atoms with Gasteiger partial charge in [0.2, 0.25) is 11.8 Å². The monoisotopic (exact) mass is 375 g/mol. The van der Waals surface area contributed by atoms with Crippen LogP contribution in [0.15, 0.2) is 48.8 Å². The third-order valence-electron chi connectivity index (χ3n) is 5.14. The number of hydrogen-bond acceptors (Lipinski definition) is 6. The minimum atomic E-state index is 0.593. The first kappa shape index (κ1) is 18.4. The number of rotatable bonds is 4. The van der Waals surface area contributed by atoms with E-state index in [1.807, 2.05) is 24.5 Å². The molecule has 1 saturated heterocycles. The first-order chi connectivity index (χ1) is 13.6. The Morgan fingerprint density at radius 2 is 1.57 bits per heavy atom. The summed E-state index contributed by atoms with van der Waals surface area (Å²) < 4.78 is 5.19. The Labute approximate surface area is 165 Å². The van der Waals surface area contributed by atoms with Gasteiger partial charge in [-0.05, 0) is 20.0 Å². The molecule has 144 valence electrons. The third kappa shape index (κ3) is 3.82. The van der Waals surface area contributed by atoms with Gasteiger partial charge in [-0.25, -0.2) is 15.0 Å². The van der Waals surface area contributed by atoms with E-state index in [-0.39, 0.29) is 0 Å². The summed E-state index contributed by atoms with van der Waals surface area (Å²) in [7, 11) is 3.77. The highest BCUT2D eigenvalue weighted by Gasteiger charge is 2.19. The van der Waals surface area contributed by atoms with E-state index < -0.39 is 0 Å². The molecular weight excluding hydrogens is 350 g/mol. The van der Waals surface area contributed by atoms with Gasteiger partial charge in [0, 0.05) is 61.3 Å². The molecule has 0 unspecified atom stereocenters. The van der Waals surface area contributed by atoms with Gasteiger partial charge in [-0.15, -0.1) is 0 Å². The number of ether oxygens (including phenoxy) is 1. The molecule has 1 aliphatic heterocycles. The molecule has 0 spiro atoms. The van der Waals surface area contributed by atoms with Crippen molar-refractivity contribution in [3.8, 4) is 28.3 Å². The fourth-order valence-electron chi connectivity index (χ4n) is 3.33. The zero-order chi connectivity index (χ0) is 19.5. The van der Waals surface area contributed by atoms with Gasteiger partial charge < -0.3 is 14.5 Å². The topological polar surface area (TPSA) is 54.4 Å². The highest BCUT2D eigenvalue weighted by Crippen LogP contribution is 2.32. The summed E-state index contributed by atoms with van der Waals surface area (Å²) in [6.45, 7) is 6.01. The minimum Gasteiger partial charge on any atom is -0.481 e. The second kappa shape index (κ2) is 7.94. The molecule has 0 atom stereocenters. The van der Waals surface area contributed by atoms with Crippen LogP contribution in [-0.4, -0.2) is 60.2 Å². The number of nitrogens with zero attached hydrogens (tertiary/aromatic N) is 5. The lowest BCUT2D eigenvalue weighted by Crippen LogP contribution is -2.45. The molecule has 6 nitrogen and oxygen atoms in total. The van der Waals surface area contributed by atoms with Crippen molar-refractivity contribution in [1.29, 1.82) is 0 Å². The van der Waals surface area contributed by atoms with Gasteiger partial charge in [-0.3, -0.25) is 0 Å². The number of methoxy groups -OCH3 is 1. The Balaban J connectivity index is 1.77. The van der Waals surface area contributed by atoms with Crippen LogP contribution in [0.3, 0.4) is 0 Å². The summed E-state index contributed by atoms with van der Waals surface area (Å²) in [5, 5.41) is 0. The number of aryl methyl sites for hydroxylation is 1. The Morgan fingerprint density at radius 3 is 2.21 bits per heavy atom. The average Bonchev–Trinajstić information content (AvgIpc) is 2.74. The smallest absolute Gasteiger partial charge is 0.225 e. The number of piperazine rings is 1. The summed E-state index contributed by atoms with van der Waals surface area (Å²) >= 11 is 0. The van der Waals surface area contributed by atoms with Crippen molar-refractivity contribution in [2.45, 2.75) is 6.92 Å².